The van der Waals surface area contributed by atoms with Crippen LogP contribution in [-0.2, 0) is 4.79 Å². The van der Waals surface area contributed by atoms with Gasteiger partial charge >= 0.3 is 0 Å². The normalized spacial score (nSPS) is 12.3. The molecule has 3 N–H and O–H groups in total. The molecule has 0 radical (unpaired) electrons. The Balaban J connectivity index is 2.23. The van der Waals surface area contributed by atoms with E-state index in [1.807, 2.05) is 24.3 Å². The zero-order chi connectivity index (χ0) is 12.3. The van der Waals surface area contributed by atoms with Crippen LogP contribution in [0, 0.1) is 0 Å². The summed E-state index contributed by atoms with van der Waals surface area (Å²) in [7, 11) is 0. The van der Waals surface area contributed by atoms with Crippen LogP contribution in [0.5, 0.6) is 0 Å². The summed E-state index contributed by atoms with van der Waals surface area (Å²) >= 11 is 4.58. The average Bonchev–Trinajstić information content (AvgIpc) is 2.80. The predicted octanol–water partition coefficient (Wildman–Crippen LogP) is 1.89. The van der Waals surface area contributed by atoms with Crippen LogP contribution in [-0.4, -0.2) is 21.1 Å². The number of thioether (sulfide) groups is 1. The van der Waals surface area contributed by atoms with Gasteiger partial charge in [0.2, 0.25) is 5.91 Å². The Morgan fingerprint density at radius 2 is 2.12 bits per heavy atom. The van der Waals surface area contributed by atoms with Crippen LogP contribution < -0.4 is 5.73 Å². The van der Waals surface area contributed by atoms with Crippen molar-refractivity contribution < 1.29 is 4.79 Å². The fourth-order valence-electron chi connectivity index (χ4n) is 1.29. The molecule has 0 aliphatic carbocycles. The van der Waals surface area contributed by atoms with E-state index in [-0.39, 0.29) is 0 Å². The molecule has 2 aromatic rings. The molecule has 17 heavy (non-hydrogen) atoms. The van der Waals surface area contributed by atoms with Crippen molar-refractivity contribution in [3.8, 4) is 0 Å². The number of rotatable bonds is 4. The van der Waals surface area contributed by atoms with Gasteiger partial charge in [-0.3, -0.25) is 9.89 Å². The number of nitrogens with two attached hydrogens (primary N) is 1. The number of nitrogens with one attached hydrogen (secondary N) is 1. The highest BCUT2D eigenvalue weighted by Gasteiger charge is 2.20. The van der Waals surface area contributed by atoms with Crippen LogP contribution in [0.15, 0.2) is 40.2 Å². The molecule has 1 heterocycles. The first-order valence-electron chi connectivity index (χ1n) is 4.73. The molecule has 0 bridgehead atoms. The van der Waals surface area contributed by atoms with Crippen LogP contribution in [0.3, 0.4) is 0 Å². The molecule has 1 aromatic carbocycles. The molecule has 0 saturated heterocycles. The van der Waals surface area contributed by atoms with Gasteiger partial charge in [0.25, 0.3) is 0 Å². The molecular weight excluding hydrogens is 304 g/mol. The Morgan fingerprint density at radius 1 is 1.41 bits per heavy atom. The Morgan fingerprint density at radius 3 is 2.65 bits per heavy atom. The van der Waals surface area contributed by atoms with Gasteiger partial charge in [0.05, 0.1) is 0 Å². The zero-order valence-corrected chi connectivity index (χ0v) is 11.0. The Hall–Kier alpha value is -1.34. The molecule has 7 heteroatoms. The number of primary amides is 1. The lowest BCUT2D eigenvalue weighted by Gasteiger charge is -2.11. The minimum atomic E-state index is -0.476. The van der Waals surface area contributed by atoms with Crippen molar-refractivity contribution in [2.24, 2.45) is 5.73 Å². The molecule has 1 amide bonds. The summed E-state index contributed by atoms with van der Waals surface area (Å²) in [5, 5.41) is 6.50. The third-order valence-corrected chi connectivity index (χ3v) is 3.74. The fourth-order valence-corrected chi connectivity index (χ4v) is 2.40. The number of aromatic amines is 1. The van der Waals surface area contributed by atoms with Gasteiger partial charge in [0.1, 0.15) is 11.6 Å². The number of H-pyrrole nitrogens is 1. The number of benzene rings is 1. The van der Waals surface area contributed by atoms with Crippen molar-refractivity contribution >= 4 is 33.6 Å². The molecule has 1 atom stereocenters. The first-order valence-corrected chi connectivity index (χ1v) is 6.41. The van der Waals surface area contributed by atoms with Crippen molar-refractivity contribution in [1.82, 2.24) is 15.2 Å². The van der Waals surface area contributed by atoms with E-state index in [2.05, 4.69) is 31.1 Å². The quantitative estimate of drug-likeness (QED) is 0.844. The maximum atomic E-state index is 11.4. The third kappa shape index (κ3) is 3.07. The van der Waals surface area contributed by atoms with Gasteiger partial charge in [-0.15, -0.1) is 0 Å². The summed E-state index contributed by atoms with van der Waals surface area (Å²) in [6.07, 6.45) is 1.39. The van der Waals surface area contributed by atoms with E-state index in [0.717, 1.165) is 10.0 Å². The van der Waals surface area contributed by atoms with Crippen LogP contribution in [0.1, 0.15) is 10.8 Å². The lowest BCUT2D eigenvalue weighted by molar-refractivity contribution is -0.117. The van der Waals surface area contributed by atoms with E-state index >= 15 is 0 Å². The fraction of sp³-hybridized carbons (Fsp3) is 0.100. The van der Waals surface area contributed by atoms with Crippen molar-refractivity contribution in [3.05, 3.63) is 40.6 Å². The van der Waals surface area contributed by atoms with E-state index in [1.165, 1.54) is 18.1 Å². The summed E-state index contributed by atoms with van der Waals surface area (Å²) in [4.78, 5) is 15.4. The molecule has 0 aliphatic heterocycles. The molecule has 0 unspecified atom stereocenters. The van der Waals surface area contributed by atoms with Gasteiger partial charge in [0, 0.05) is 4.47 Å². The minimum absolute atomic E-state index is 0.409. The second-order valence-electron chi connectivity index (χ2n) is 3.24. The highest BCUT2D eigenvalue weighted by molar-refractivity contribution is 9.10. The van der Waals surface area contributed by atoms with E-state index in [4.69, 9.17) is 5.73 Å². The number of nitrogens with zero attached hydrogens (tertiary/aromatic N) is 2. The van der Waals surface area contributed by atoms with Crippen LogP contribution >= 0.6 is 27.7 Å². The maximum Gasteiger partial charge on any atom is 0.235 e. The Kier molecular flexibility index (Phi) is 3.80. The SMILES string of the molecule is NC(=O)[C@@H](Sc1ncn[nH]1)c1ccc(Br)cc1. The smallest absolute Gasteiger partial charge is 0.235 e. The highest BCUT2D eigenvalue weighted by Crippen LogP contribution is 2.33. The summed E-state index contributed by atoms with van der Waals surface area (Å²) in [6.45, 7) is 0. The lowest BCUT2D eigenvalue weighted by atomic mass is 10.1. The van der Waals surface area contributed by atoms with E-state index in [1.54, 1.807) is 0 Å². The van der Waals surface area contributed by atoms with Crippen LogP contribution in [0.2, 0.25) is 0 Å². The lowest BCUT2D eigenvalue weighted by Crippen LogP contribution is -2.19. The molecule has 5 nitrogen and oxygen atoms in total. The number of carbonyl (C=O) groups excluding carboxylic acids is 1. The van der Waals surface area contributed by atoms with Crippen molar-refractivity contribution in [1.29, 1.82) is 0 Å². The molecule has 0 spiro atoms. The summed E-state index contributed by atoms with van der Waals surface area (Å²) in [5.74, 6) is -0.409. The second-order valence-corrected chi connectivity index (χ2v) is 5.25. The largest absolute Gasteiger partial charge is 0.368 e. The molecule has 0 fully saturated rings. The van der Waals surface area contributed by atoms with Gasteiger partial charge < -0.3 is 5.73 Å². The molecule has 1 aromatic heterocycles. The predicted molar refractivity (Wildman–Crippen MR) is 68.3 cm³/mol. The number of carbonyl (C=O) groups is 1. The first-order chi connectivity index (χ1) is 8.16. The Bertz CT molecular complexity index is 500. The molecule has 0 saturated carbocycles. The topological polar surface area (TPSA) is 84.7 Å². The van der Waals surface area contributed by atoms with Crippen molar-refractivity contribution in [2.75, 3.05) is 0 Å². The van der Waals surface area contributed by atoms with Gasteiger partial charge in [0.15, 0.2) is 5.16 Å². The van der Waals surface area contributed by atoms with Gasteiger partial charge in [-0.2, -0.15) is 5.10 Å². The molecule has 88 valence electrons. The molecule has 0 aliphatic rings. The summed E-state index contributed by atoms with van der Waals surface area (Å²) in [6, 6.07) is 7.43. The highest BCUT2D eigenvalue weighted by atomic mass is 79.9. The minimum Gasteiger partial charge on any atom is -0.368 e. The Labute approximate surface area is 110 Å². The number of hydrogen-bond acceptors (Lipinski definition) is 4. The molecule has 2 rings (SSSR count). The number of halogens is 1. The maximum absolute atomic E-state index is 11.4. The average molecular weight is 313 g/mol. The molecular formula is C10H9BrN4OS. The van der Waals surface area contributed by atoms with E-state index in [0.29, 0.717) is 5.16 Å². The third-order valence-electron chi connectivity index (χ3n) is 2.05. The summed E-state index contributed by atoms with van der Waals surface area (Å²) < 4.78 is 0.953. The van der Waals surface area contributed by atoms with Gasteiger partial charge in [-0.1, -0.05) is 39.8 Å². The number of aromatic nitrogens is 3. The number of amides is 1. The standard InChI is InChI=1S/C10H9BrN4OS/c11-7-3-1-6(2-4-7)8(9(12)16)17-10-13-5-14-15-10/h1-5,8H,(H2,12,16)(H,13,14,15)/t8-/m0/s1. The van der Waals surface area contributed by atoms with E-state index in [9.17, 15) is 4.79 Å². The van der Waals surface area contributed by atoms with Crippen molar-refractivity contribution in [2.45, 2.75) is 10.4 Å². The first kappa shape index (κ1) is 12.1. The van der Waals surface area contributed by atoms with Gasteiger partial charge in [-0.05, 0) is 17.7 Å². The van der Waals surface area contributed by atoms with Crippen molar-refractivity contribution in [3.63, 3.8) is 0 Å². The van der Waals surface area contributed by atoms with Crippen LogP contribution in [0.25, 0.3) is 0 Å². The monoisotopic (exact) mass is 312 g/mol. The van der Waals surface area contributed by atoms with Crippen LogP contribution in [0.4, 0.5) is 0 Å². The zero-order valence-electron chi connectivity index (χ0n) is 8.63. The second kappa shape index (κ2) is 5.33. The number of hydrogen-bond donors (Lipinski definition) is 2. The van der Waals surface area contributed by atoms with Gasteiger partial charge in [-0.25, -0.2) is 4.98 Å². The van der Waals surface area contributed by atoms with E-state index < -0.39 is 11.2 Å². The summed E-state index contributed by atoms with van der Waals surface area (Å²) in [5.41, 5.74) is 6.23.